The van der Waals surface area contributed by atoms with Crippen LogP contribution in [0, 0.1) is 5.92 Å². The molecule has 14 heavy (non-hydrogen) atoms. The van der Waals surface area contributed by atoms with E-state index in [9.17, 15) is 0 Å². The first-order valence-electron chi connectivity index (χ1n) is 5.59. The van der Waals surface area contributed by atoms with Crippen molar-refractivity contribution in [1.29, 1.82) is 0 Å². The van der Waals surface area contributed by atoms with Gasteiger partial charge in [0.1, 0.15) is 0 Å². The van der Waals surface area contributed by atoms with Gasteiger partial charge in [0.25, 0.3) is 0 Å². The number of allylic oxidation sites excluding steroid dienone is 4. The molecule has 0 aliphatic rings. The van der Waals surface area contributed by atoms with Crippen LogP contribution >= 0.6 is 0 Å². The minimum Gasteiger partial charge on any atom is -0.0991 e. The summed E-state index contributed by atoms with van der Waals surface area (Å²) >= 11 is 0. The van der Waals surface area contributed by atoms with Gasteiger partial charge < -0.3 is 0 Å². The van der Waals surface area contributed by atoms with Crippen molar-refractivity contribution in [2.75, 3.05) is 0 Å². The fourth-order valence-electron chi connectivity index (χ4n) is 1.05. The lowest BCUT2D eigenvalue weighted by Crippen LogP contribution is -1.95. The zero-order chi connectivity index (χ0) is 11.6. The third-order valence-corrected chi connectivity index (χ3v) is 2.13. The summed E-state index contributed by atoms with van der Waals surface area (Å²) < 4.78 is 0. The molecule has 0 heterocycles. The highest BCUT2D eigenvalue weighted by Gasteiger charge is 2.03. The summed E-state index contributed by atoms with van der Waals surface area (Å²) in [5.41, 5.74) is 2.49. The van der Waals surface area contributed by atoms with E-state index in [1.165, 1.54) is 12.0 Å². The van der Waals surface area contributed by atoms with Gasteiger partial charge in [-0.15, -0.1) is 0 Å². The average molecular weight is 194 g/mol. The van der Waals surface area contributed by atoms with Gasteiger partial charge in [-0.25, -0.2) is 0 Å². The molecule has 0 bridgehead atoms. The van der Waals surface area contributed by atoms with Crippen molar-refractivity contribution in [2.45, 2.75) is 47.5 Å². The topological polar surface area (TPSA) is 0 Å². The van der Waals surface area contributed by atoms with Crippen LogP contribution in [-0.2, 0) is 0 Å². The summed E-state index contributed by atoms with van der Waals surface area (Å²) in [7, 11) is 0. The molecule has 0 radical (unpaired) electrons. The smallest absolute Gasteiger partial charge is 0.0251 e. The first-order valence-corrected chi connectivity index (χ1v) is 5.59. The molecule has 0 aromatic carbocycles. The third-order valence-electron chi connectivity index (χ3n) is 2.13. The Hall–Kier alpha value is -0.780. The molecule has 0 saturated carbocycles. The Balaban J connectivity index is 0. The van der Waals surface area contributed by atoms with Crippen LogP contribution in [0.5, 0.6) is 0 Å². The van der Waals surface area contributed by atoms with Crippen LogP contribution in [0.15, 0.2) is 36.5 Å². The second-order valence-electron chi connectivity index (χ2n) is 3.43. The van der Waals surface area contributed by atoms with Crippen LogP contribution in [0.4, 0.5) is 0 Å². The van der Waals surface area contributed by atoms with Gasteiger partial charge in [0.05, 0.1) is 0 Å². The number of hydrogen-bond donors (Lipinski definition) is 0. The molecule has 0 heteroatoms. The Labute approximate surface area is 90.4 Å². The highest BCUT2D eigenvalue weighted by atomic mass is 14.1. The minimum atomic E-state index is 0.743. The molecule has 1 unspecified atom stereocenters. The van der Waals surface area contributed by atoms with Crippen LogP contribution in [0.25, 0.3) is 0 Å². The maximum absolute atomic E-state index is 3.95. The van der Waals surface area contributed by atoms with E-state index in [1.807, 2.05) is 19.9 Å². The molecule has 0 fully saturated rings. The van der Waals surface area contributed by atoms with E-state index in [0.717, 1.165) is 17.9 Å². The largest absolute Gasteiger partial charge is 0.0991 e. The van der Waals surface area contributed by atoms with E-state index in [2.05, 4.69) is 40.0 Å². The molecule has 0 N–H and O–H groups in total. The molecule has 0 amide bonds. The van der Waals surface area contributed by atoms with Crippen molar-refractivity contribution in [1.82, 2.24) is 0 Å². The first kappa shape index (κ1) is 15.7. The molecule has 0 aliphatic carbocycles. The lowest BCUT2D eigenvalue weighted by molar-refractivity contribution is 0.560. The Morgan fingerprint density at radius 1 is 1.36 bits per heavy atom. The van der Waals surface area contributed by atoms with Crippen LogP contribution in [0.3, 0.4) is 0 Å². The minimum absolute atomic E-state index is 0.743. The first-order chi connectivity index (χ1) is 6.61. The van der Waals surface area contributed by atoms with Gasteiger partial charge in [0, 0.05) is 0 Å². The Kier molecular flexibility index (Phi) is 11.5. The lowest BCUT2D eigenvalue weighted by atomic mass is 9.95. The van der Waals surface area contributed by atoms with Gasteiger partial charge in [-0.1, -0.05) is 65.0 Å². The second kappa shape index (κ2) is 10.3. The summed E-state index contributed by atoms with van der Waals surface area (Å²) in [4.78, 5) is 0. The molecule has 0 nitrogen and oxygen atoms in total. The van der Waals surface area contributed by atoms with E-state index >= 15 is 0 Å². The normalized spacial score (nSPS) is 12.5. The third kappa shape index (κ3) is 7.85. The van der Waals surface area contributed by atoms with Crippen molar-refractivity contribution < 1.29 is 0 Å². The van der Waals surface area contributed by atoms with E-state index in [0.29, 0.717) is 0 Å². The maximum Gasteiger partial charge on any atom is -0.0251 e. The van der Waals surface area contributed by atoms with E-state index in [4.69, 9.17) is 0 Å². The standard InChI is InChI=1S/C12H20.C2H6/c1-6-8-12(10(3)4)9-11(5)7-2;1-2/h6,8,11H,1,3,7,9H2,2,4-5H3;1-2H3/b12-8-;. The summed E-state index contributed by atoms with van der Waals surface area (Å²) in [5, 5.41) is 0. The zero-order valence-corrected chi connectivity index (χ0v) is 10.6. The van der Waals surface area contributed by atoms with Crippen molar-refractivity contribution in [3.8, 4) is 0 Å². The van der Waals surface area contributed by atoms with Crippen molar-refractivity contribution in [3.63, 3.8) is 0 Å². The molecular weight excluding hydrogens is 168 g/mol. The fraction of sp³-hybridized carbons (Fsp3) is 0.571. The van der Waals surface area contributed by atoms with Crippen molar-refractivity contribution in [2.24, 2.45) is 5.92 Å². The zero-order valence-electron chi connectivity index (χ0n) is 10.6. The molecule has 0 rings (SSSR count). The van der Waals surface area contributed by atoms with Gasteiger partial charge in [-0.2, -0.15) is 0 Å². The fourth-order valence-corrected chi connectivity index (χ4v) is 1.05. The molecule has 0 aliphatic heterocycles. The van der Waals surface area contributed by atoms with Gasteiger partial charge in [0.15, 0.2) is 0 Å². The highest BCUT2D eigenvalue weighted by molar-refractivity contribution is 5.29. The van der Waals surface area contributed by atoms with E-state index in [-0.39, 0.29) is 0 Å². The summed E-state index contributed by atoms with van der Waals surface area (Å²) in [6.45, 7) is 18.2. The van der Waals surface area contributed by atoms with Crippen LogP contribution in [-0.4, -0.2) is 0 Å². The lowest BCUT2D eigenvalue weighted by Gasteiger charge is -2.11. The van der Waals surface area contributed by atoms with E-state index < -0.39 is 0 Å². The maximum atomic E-state index is 3.95. The van der Waals surface area contributed by atoms with Gasteiger partial charge in [0.2, 0.25) is 0 Å². The number of hydrogen-bond acceptors (Lipinski definition) is 0. The molecular formula is C14H26. The SMILES string of the molecule is C=C/C=C(/CC(C)CC)C(=C)C.CC. The molecule has 82 valence electrons. The monoisotopic (exact) mass is 194 g/mol. The second-order valence-corrected chi connectivity index (χ2v) is 3.43. The molecule has 0 aromatic rings. The Morgan fingerprint density at radius 2 is 1.86 bits per heavy atom. The average Bonchev–Trinajstić information content (AvgIpc) is 2.19. The van der Waals surface area contributed by atoms with Gasteiger partial charge >= 0.3 is 0 Å². The quantitative estimate of drug-likeness (QED) is 0.532. The molecule has 0 aromatic heterocycles. The summed E-state index contributed by atoms with van der Waals surface area (Å²) in [6, 6.07) is 0. The molecule has 1 atom stereocenters. The summed E-state index contributed by atoms with van der Waals surface area (Å²) in [6.07, 6.45) is 6.25. The predicted octanol–water partition coefficient (Wildman–Crippen LogP) is 5.14. The van der Waals surface area contributed by atoms with Gasteiger partial charge in [-0.3, -0.25) is 0 Å². The Bertz CT molecular complexity index is 184. The molecule has 0 saturated heterocycles. The predicted molar refractivity (Wildman–Crippen MR) is 68.5 cm³/mol. The highest BCUT2D eigenvalue weighted by Crippen LogP contribution is 2.19. The Morgan fingerprint density at radius 3 is 2.14 bits per heavy atom. The van der Waals surface area contributed by atoms with Gasteiger partial charge in [-0.05, 0) is 24.8 Å². The van der Waals surface area contributed by atoms with Crippen molar-refractivity contribution in [3.05, 3.63) is 36.5 Å². The van der Waals surface area contributed by atoms with Crippen LogP contribution in [0.1, 0.15) is 47.5 Å². The number of rotatable bonds is 5. The molecule has 0 spiro atoms. The van der Waals surface area contributed by atoms with Crippen LogP contribution < -0.4 is 0 Å². The van der Waals surface area contributed by atoms with Crippen molar-refractivity contribution >= 4 is 0 Å². The van der Waals surface area contributed by atoms with Crippen LogP contribution in [0.2, 0.25) is 0 Å². The van der Waals surface area contributed by atoms with E-state index in [1.54, 1.807) is 0 Å². The summed E-state index contributed by atoms with van der Waals surface area (Å²) in [5.74, 6) is 0.743.